The highest BCUT2D eigenvalue weighted by Crippen LogP contribution is 2.22. The van der Waals surface area contributed by atoms with Gasteiger partial charge in [0.1, 0.15) is 11.4 Å². The first-order chi connectivity index (χ1) is 16.4. The summed E-state index contributed by atoms with van der Waals surface area (Å²) in [5.74, 6) is -0.477. The second-order valence-corrected chi connectivity index (χ2v) is 8.17. The van der Waals surface area contributed by atoms with Gasteiger partial charge < -0.3 is 21.1 Å². The third-order valence-corrected chi connectivity index (χ3v) is 5.52. The second kappa shape index (κ2) is 12.3. The van der Waals surface area contributed by atoms with Gasteiger partial charge in [-0.1, -0.05) is 36.4 Å². The molecule has 0 saturated heterocycles. The SMILES string of the molecule is CCOc1ccc(/C=C(/NC(=O)c2ccccc2)C(=O)Nc2cccc(SCC(N)=O)c2)cc1. The zero-order valence-corrected chi connectivity index (χ0v) is 19.4. The van der Waals surface area contributed by atoms with Gasteiger partial charge in [0.2, 0.25) is 5.91 Å². The Balaban J connectivity index is 1.83. The summed E-state index contributed by atoms with van der Waals surface area (Å²) in [6.07, 6.45) is 1.59. The number of carbonyl (C=O) groups excluding carboxylic acids is 3. The van der Waals surface area contributed by atoms with Gasteiger partial charge in [-0.25, -0.2) is 0 Å². The van der Waals surface area contributed by atoms with Crippen LogP contribution in [0.3, 0.4) is 0 Å². The molecule has 4 N–H and O–H groups in total. The van der Waals surface area contributed by atoms with Gasteiger partial charge in [-0.3, -0.25) is 14.4 Å². The molecule has 0 aliphatic heterocycles. The van der Waals surface area contributed by atoms with E-state index in [9.17, 15) is 14.4 Å². The number of nitrogens with two attached hydrogens (primary N) is 1. The Labute approximate surface area is 202 Å². The Hall–Kier alpha value is -4.04. The van der Waals surface area contributed by atoms with E-state index in [0.717, 1.165) is 4.90 Å². The first-order valence-electron chi connectivity index (χ1n) is 10.6. The minimum atomic E-state index is -0.491. The molecule has 34 heavy (non-hydrogen) atoms. The molecule has 3 aromatic rings. The lowest BCUT2D eigenvalue weighted by Gasteiger charge is -2.12. The maximum atomic E-state index is 13.1. The van der Waals surface area contributed by atoms with E-state index in [-0.39, 0.29) is 11.4 Å². The Bertz CT molecular complexity index is 1180. The molecule has 0 aliphatic carbocycles. The van der Waals surface area contributed by atoms with Gasteiger partial charge in [-0.15, -0.1) is 11.8 Å². The van der Waals surface area contributed by atoms with Gasteiger partial charge in [0.25, 0.3) is 11.8 Å². The third kappa shape index (κ3) is 7.53. The highest BCUT2D eigenvalue weighted by Gasteiger charge is 2.15. The van der Waals surface area contributed by atoms with Gasteiger partial charge in [0.05, 0.1) is 12.4 Å². The van der Waals surface area contributed by atoms with Crippen LogP contribution in [0.25, 0.3) is 6.08 Å². The summed E-state index contributed by atoms with van der Waals surface area (Å²) in [4.78, 5) is 37.7. The van der Waals surface area contributed by atoms with E-state index in [0.29, 0.717) is 29.2 Å². The van der Waals surface area contributed by atoms with Crippen LogP contribution in [0.4, 0.5) is 5.69 Å². The van der Waals surface area contributed by atoms with Crippen LogP contribution in [0, 0.1) is 0 Å². The normalized spacial score (nSPS) is 10.9. The van der Waals surface area contributed by atoms with E-state index in [2.05, 4.69) is 10.6 Å². The zero-order chi connectivity index (χ0) is 24.3. The summed E-state index contributed by atoms with van der Waals surface area (Å²) < 4.78 is 5.46. The Morgan fingerprint density at radius 2 is 1.71 bits per heavy atom. The van der Waals surface area contributed by atoms with E-state index in [1.54, 1.807) is 72.8 Å². The largest absolute Gasteiger partial charge is 0.494 e. The number of hydrogen-bond acceptors (Lipinski definition) is 5. The van der Waals surface area contributed by atoms with Crippen molar-refractivity contribution in [1.82, 2.24) is 5.32 Å². The first kappa shape index (κ1) is 24.6. The summed E-state index contributed by atoms with van der Waals surface area (Å²) in [6.45, 7) is 2.45. The van der Waals surface area contributed by atoms with Crippen LogP contribution < -0.4 is 21.1 Å². The number of thioether (sulfide) groups is 1. The average molecular weight is 476 g/mol. The molecule has 0 heterocycles. The van der Waals surface area contributed by atoms with Crippen molar-refractivity contribution in [2.45, 2.75) is 11.8 Å². The summed E-state index contributed by atoms with van der Waals surface area (Å²) in [7, 11) is 0. The fraction of sp³-hybridized carbons (Fsp3) is 0.115. The van der Waals surface area contributed by atoms with Crippen molar-refractivity contribution in [3.8, 4) is 5.75 Å². The number of ether oxygens (including phenoxy) is 1. The number of primary amides is 1. The molecule has 0 radical (unpaired) electrons. The smallest absolute Gasteiger partial charge is 0.272 e. The van der Waals surface area contributed by atoms with Crippen LogP contribution in [-0.4, -0.2) is 30.1 Å². The van der Waals surface area contributed by atoms with Crippen molar-refractivity contribution in [3.05, 3.63) is 95.7 Å². The van der Waals surface area contributed by atoms with Crippen LogP contribution in [0.2, 0.25) is 0 Å². The van der Waals surface area contributed by atoms with E-state index in [4.69, 9.17) is 10.5 Å². The molecule has 0 unspecified atom stereocenters. The monoisotopic (exact) mass is 475 g/mol. The fourth-order valence-electron chi connectivity index (χ4n) is 2.95. The topological polar surface area (TPSA) is 111 Å². The standard InChI is InChI=1S/C26H25N3O4S/c1-2-33-21-13-11-18(12-14-21)15-23(29-25(31)19-7-4-3-5-8-19)26(32)28-20-9-6-10-22(16-20)34-17-24(27)30/h3-16H,2,17H2,1H3,(H2,27,30)(H,28,32)(H,29,31)/b23-15+. The highest BCUT2D eigenvalue weighted by atomic mass is 32.2. The lowest BCUT2D eigenvalue weighted by atomic mass is 10.1. The van der Waals surface area contributed by atoms with Crippen LogP contribution in [0.15, 0.2) is 89.5 Å². The van der Waals surface area contributed by atoms with Gasteiger partial charge in [0, 0.05) is 16.1 Å². The summed E-state index contributed by atoms with van der Waals surface area (Å²) in [6, 6.07) is 22.9. The molecule has 0 saturated carbocycles. The van der Waals surface area contributed by atoms with Crippen molar-refractivity contribution in [2.24, 2.45) is 5.73 Å². The molecule has 0 spiro atoms. The molecule has 3 rings (SSSR count). The van der Waals surface area contributed by atoms with Gasteiger partial charge in [-0.05, 0) is 61.0 Å². The van der Waals surface area contributed by atoms with Gasteiger partial charge >= 0.3 is 0 Å². The molecule has 8 heteroatoms. The van der Waals surface area contributed by atoms with Crippen LogP contribution >= 0.6 is 11.8 Å². The maximum absolute atomic E-state index is 13.1. The second-order valence-electron chi connectivity index (χ2n) is 7.12. The number of nitrogens with one attached hydrogen (secondary N) is 2. The average Bonchev–Trinajstić information content (AvgIpc) is 2.84. The van der Waals surface area contributed by atoms with E-state index in [1.165, 1.54) is 11.8 Å². The number of benzene rings is 3. The maximum Gasteiger partial charge on any atom is 0.272 e. The molecule has 174 valence electrons. The molecule has 0 fully saturated rings. The lowest BCUT2D eigenvalue weighted by Crippen LogP contribution is -2.30. The van der Waals surface area contributed by atoms with Crippen molar-refractivity contribution in [2.75, 3.05) is 17.7 Å². The van der Waals surface area contributed by atoms with Gasteiger partial charge in [0.15, 0.2) is 0 Å². The molecule has 3 amide bonds. The van der Waals surface area contributed by atoms with Crippen LogP contribution in [0.1, 0.15) is 22.8 Å². The predicted molar refractivity (Wildman–Crippen MR) is 134 cm³/mol. The third-order valence-electron chi connectivity index (χ3n) is 4.50. The van der Waals surface area contributed by atoms with Crippen molar-refractivity contribution < 1.29 is 19.1 Å². The van der Waals surface area contributed by atoms with E-state index < -0.39 is 17.7 Å². The predicted octanol–water partition coefficient (Wildman–Crippen LogP) is 4.07. The molecule has 0 bridgehead atoms. The van der Waals surface area contributed by atoms with Gasteiger partial charge in [-0.2, -0.15) is 0 Å². The molecule has 0 atom stereocenters. The summed E-state index contributed by atoms with van der Waals surface area (Å²) in [5.41, 5.74) is 6.95. The summed E-state index contributed by atoms with van der Waals surface area (Å²) in [5, 5.41) is 5.51. The number of hydrogen-bond donors (Lipinski definition) is 3. The molecule has 3 aromatic carbocycles. The summed E-state index contributed by atoms with van der Waals surface area (Å²) >= 11 is 1.27. The van der Waals surface area contributed by atoms with Crippen molar-refractivity contribution >= 4 is 41.2 Å². The van der Waals surface area contributed by atoms with Crippen molar-refractivity contribution in [1.29, 1.82) is 0 Å². The quantitative estimate of drug-likeness (QED) is 0.302. The molecule has 7 nitrogen and oxygen atoms in total. The molecular weight excluding hydrogens is 450 g/mol. The Morgan fingerprint density at radius 1 is 0.971 bits per heavy atom. The van der Waals surface area contributed by atoms with E-state index in [1.807, 2.05) is 19.1 Å². The minimum absolute atomic E-state index is 0.0770. The van der Waals surface area contributed by atoms with E-state index >= 15 is 0 Å². The number of carbonyl (C=O) groups is 3. The number of amides is 3. The molecule has 0 aliphatic rings. The first-order valence-corrected chi connectivity index (χ1v) is 11.6. The minimum Gasteiger partial charge on any atom is -0.494 e. The lowest BCUT2D eigenvalue weighted by molar-refractivity contribution is -0.115. The highest BCUT2D eigenvalue weighted by molar-refractivity contribution is 8.00. The molecule has 0 aromatic heterocycles. The van der Waals surface area contributed by atoms with Crippen LogP contribution in [0.5, 0.6) is 5.75 Å². The van der Waals surface area contributed by atoms with Crippen LogP contribution in [-0.2, 0) is 9.59 Å². The Morgan fingerprint density at radius 3 is 2.38 bits per heavy atom. The van der Waals surface area contributed by atoms with Crippen molar-refractivity contribution in [3.63, 3.8) is 0 Å². The number of rotatable bonds is 10. The number of anilines is 1. The zero-order valence-electron chi connectivity index (χ0n) is 18.6. The Kier molecular flexibility index (Phi) is 8.88. The molecular formula is C26H25N3O4S. The fourth-order valence-corrected chi connectivity index (χ4v) is 3.65.